The highest BCUT2D eigenvalue weighted by Crippen LogP contribution is 2.23. The van der Waals surface area contributed by atoms with Crippen molar-refractivity contribution < 1.29 is 0 Å². The summed E-state index contributed by atoms with van der Waals surface area (Å²) in [5.41, 5.74) is 3.14. The molecule has 2 aromatic heterocycles. The number of aromatic amines is 2. The normalized spacial score (nSPS) is 11.5. The van der Waals surface area contributed by atoms with Crippen LogP contribution in [0.4, 0.5) is 0 Å². The summed E-state index contributed by atoms with van der Waals surface area (Å²) in [6.45, 7) is 2.02. The van der Waals surface area contributed by atoms with Crippen LogP contribution in [0.15, 0.2) is 18.3 Å². The molecule has 4 heteroatoms. The van der Waals surface area contributed by atoms with E-state index in [1.807, 2.05) is 19.1 Å². The Morgan fingerprint density at radius 2 is 2.15 bits per heavy atom. The van der Waals surface area contributed by atoms with Crippen LogP contribution in [-0.4, -0.2) is 20.4 Å². The van der Waals surface area contributed by atoms with E-state index in [4.69, 9.17) is 0 Å². The average molecular weight is 172 g/mol. The number of rotatable bonds is 0. The molecule has 0 fully saturated rings. The summed E-state index contributed by atoms with van der Waals surface area (Å²) in [4.78, 5) is 0. The van der Waals surface area contributed by atoms with Gasteiger partial charge in [0.25, 0.3) is 0 Å². The molecule has 13 heavy (non-hydrogen) atoms. The van der Waals surface area contributed by atoms with Crippen molar-refractivity contribution in [2.24, 2.45) is 0 Å². The number of fused-ring (bicyclic) bond motifs is 3. The molecule has 3 rings (SSSR count). The first kappa shape index (κ1) is 6.65. The number of aromatic nitrogens is 4. The molecule has 0 aliphatic heterocycles. The van der Waals surface area contributed by atoms with Crippen molar-refractivity contribution in [2.45, 2.75) is 6.92 Å². The van der Waals surface area contributed by atoms with Gasteiger partial charge in [-0.2, -0.15) is 5.10 Å². The maximum absolute atomic E-state index is 4.09. The van der Waals surface area contributed by atoms with Gasteiger partial charge in [0.2, 0.25) is 0 Å². The van der Waals surface area contributed by atoms with Gasteiger partial charge in [-0.15, -0.1) is 5.10 Å². The van der Waals surface area contributed by atoms with Crippen molar-refractivity contribution in [3.63, 3.8) is 0 Å². The fraction of sp³-hybridized carbons (Fsp3) is 0.111. The highest BCUT2D eigenvalue weighted by atomic mass is 15.1. The predicted octanol–water partition coefficient (Wildman–Crippen LogP) is 1.75. The molecule has 3 aromatic rings. The van der Waals surface area contributed by atoms with E-state index in [1.165, 1.54) is 0 Å². The van der Waals surface area contributed by atoms with Gasteiger partial charge >= 0.3 is 0 Å². The van der Waals surface area contributed by atoms with Crippen LogP contribution in [0.1, 0.15) is 5.69 Å². The molecule has 2 heterocycles. The lowest BCUT2D eigenvalue weighted by Crippen LogP contribution is -1.74. The Hall–Kier alpha value is -1.84. The second kappa shape index (κ2) is 2.10. The molecule has 0 saturated heterocycles. The minimum absolute atomic E-state index is 0.965. The molecule has 0 atom stereocenters. The molecule has 2 N–H and O–H groups in total. The molecule has 0 bridgehead atoms. The summed E-state index contributed by atoms with van der Waals surface area (Å²) in [7, 11) is 0. The standard InChI is InChI=1S/C9H8N4/c1-5-8-7(12-11-5)3-2-6-4-10-13-9(6)8/h2-4,11-12H,1H3. The van der Waals surface area contributed by atoms with E-state index in [-0.39, 0.29) is 0 Å². The molecular weight excluding hydrogens is 164 g/mol. The van der Waals surface area contributed by atoms with Gasteiger partial charge in [0.1, 0.15) is 5.52 Å². The smallest absolute Gasteiger partial charge is 0.106 e. The molecule has 1 aromatic carbocycles. The van der Waals surface area contributed by atoms with E-state index in [9.17, 15) is 0 Å². The third-order valence-electron chi connectivity index (χ3n) is 2.32. The van der Waals surface area contributed by atoms with Gasteiger partial charge in [-0.25, -0.2) is 0 Å². The number of hydrogen-bond donors (Lipinski definition) is 2. The highest BCUT2D eigenvalue weighted by Gasteiger charge is 2.06. The van der Waals surface area contributed by atoms with Gasteiger partial charge in [-0.1, -0.05) is 0 Å². The third-order valence-corrected chi connectivity index (χ3v) is 2.32. The largest absolute Gasteiger partial charge is 0.305 e. The molecule has 64 valence electrons. The molecule has 0 amide bonds. The Labute approximate surface area is 74.0 Å². The van der Waals surface area contributed by atoms with E-state index in [0.29, 0.717) is 0 Å². The van der Waals surface area contributed by atoms with Crippen LogP contribution in [0.5, 0.6) is 0 Å². The Bertz CT molecular complexity index is 575. The topological polar surface area (TPSA) is 57.4 Å². The van der Waals surface area contributed by atoms with E-state index < -0.39 is 0 Å². The van der Waals surface area contributed by atoms with Crippen LogP contribution >= 0.6 is 0 Å². The zero-order valence-electron chi connectivity index (χ0n) is 7.13. The summed E-state index contributed by atoms with van der Waals surface area (Å²) in [5.74, 6) is 0. The minimum Gasteiger partial charge on any atom is -0.305 e. The zero-order chi connectivity index (χ0) is 8.84. The Balaban J connectivity index is 2.70. The SMILES string of the molecule is Cc1[nH][nH]c2ccc3cnnc3c12. The van der Waals surface area contributed by atoms with Crippen molar-refractivity contribution in [2.75, 3.05) is 0 Å². The van der Waals surface area contributed by atoms with Gasteiger partial charge in [0.05, 0.1) is 11.7 Å². The fourth-order valence-corrected chi connectivity index (χ4v) is 1.68. The van der Waals surface area contributed by atoms with Crippen molar-refractivity contribution in [3.8, 4) is 0 Å². The van der Waals surface area contributed by atoms with Crippen LogP contribution in [0.3, 0.4) is 0 Å². The van der Waals surface area contributed by atoms with Crippen LogP contribution in [0.25, 0.3) is 21.8 Å². The molecule has 0 aliphatic carbocycles. The summed E-state index contributed by atoms with van der Waals surface area (Å²) in [6.07, 6.45) is 1.78. The van der Waals surface area contributed by atoms with E-state index in [1.54, 1.807) is 6.20 Å². The minimum atomic E-state index is 0.965. The first-order valence-electron chi connectivity index (χ1n) is 4.13. The summed E-state index contributed by atoms with van der Waals surface area (Å²) < 4.78 is 0. The molecule has 0 spiro atoms. The van der Waals surface area contributed by atoms with Gasteiger partial charge < -0.3 is 10.2 Å². The maximum atomic E-state index is 4.09. The maximum Gasteiger partial charge on any atom is 0.106 e. The first-order chi connectivity index (χ1) is 6.36. The number of H-pyrrole nitrogens is 2. The molecular formula is C9H8N4. The van der Waals surface area contributed by atoms with Gasteiger partial charge in [-0.3, -0.25) is 0 Å². The van der Waals surface area contributed by atoms with E-state index in [0.717, 1.165) is 27.5 Å². The monoisotopic (exact) mass is 172 g/mol. The lowest BCUT2D eigenvalue weighted by atomic mass is 10.1. The van der Waals surface area contributed by atoms with Crippen LogP contribution in [0.2, 0.25) is 0 Å². The number of benzene rings is 1. The summed E-state index contributed by atoms with van der Waals surface area (Å²) >= 11 is 0. The number of aryl methyl sites for hydroxylation is 1. The van der Waals surface area contributed by atoms with E-state index in [2.05, 4.69) is 20.4 Å². The molecule has 0 unspecified atom stereocenters. The molecule has 0 aliphatic rings. The number of nitrogens with zero attached hydrogens (tertiary/aromatic N) is 2. The lowest BCUT2D eigenvalue weighted by Gasteiger charge is -1.90. The highest BCUT2D eigenvalue weighted by molar-refractivity contribution is 6.04. The average Bonchev–Trinajstić information content (AvgIpc) is 2.70. The Morgan fingerprint density at radius 1 is 1.23 bits per heavy atom. The molecule has 4 nitrogen and oxygen atoms in total. The van der Waals surface area contributed by atoms with Gasteiger partial charge in [0, 0.05) is 16.5 Å². The van der Waals surface area contributed by atoms with Crippen molar-refractivity contribution in [1.29, 1.82) is 0 Å². The fourth-order valence-electron chi connectivity index (χ4n) is 1.68. The van der Waals surface area contributed by atoms with Crippen LogP contribution in [0, 0.1) is 6.92 Å². The summed E-state index contributed by atoms with van der Waals surface area (Å²) in [5, 5.41) is 16.3. The zero-order valence-corrected chi connectivity index (χ0v) is 7.13. The molecule has 0 radical (unpaired) electrons. The van der Waals surface area contributed by atoms with Crippen LogP contribution in [-0.2, 0) is 0 Å². The number of nitrogens with one attached hydrogen (secondary N) is 2. The Kier molecular flexibility index (Phi) is 1.07. The number of hydrogen-bond acceptors (Lipinski definition) is 2. The predicted molar refractivity (Wildman–Crippen MR) is 50.5 cm³/mol. The second-order valence-electron chi connectivity index (χ2n) is 3.15. The van der Waals surface area contributed by atoms with E-state index >= 15 is 0 Å². The van der Waals surface area contributed by atoms with Crippen LogP contribution < -0.4 is 0 Å². The Morgan fingerprint density at radius 3 is 3.08 bits per heavy atom. The quantitative estimate of drug-likeness (QED) is 0.542. The van der Waals surface area contributed by atoms with Crippen molar-refractivity contribution in [3.05, 3.63) is 24.0 Å². The van der Waals surface area contributed by atoms with Crippen molar-refractivity contribution >= 4 is 21.8 Å². The first-order valence-corrected chi connectivity index (χ1v) is 4.13. The van der Waals surface area contributed by atoms with Gasteiger partial charge in [-0.05, 0) is 19.1 Å². The van der Waals surface area contributed by atoms with Crippen molar-refractivity contribution in [1.82, 2.24) is 20.4 Å². The second-order valence-corrected chi connectivity index (χ2v) is 3.15. The van der Waals surface area contributed by atoms with Gasteiger partial charge in [0.15, 0.2) is 0 Å². The molecule has 0 saturated carbocycles. The third kappa shape index (κ3) is 0.744. The summed E-state index contributed by atoms with van der Waals surface area (Å²) in [6, 6.07) is 4.05. The lowest BCUT2D eigenvalue weighted by molar-refractivity contribution is 1.07.